The number of nitrogens with zero attached hydrogens (tertiary/aromatic N) is 4. The maximum atomic E-state index is 13.7. The molecular formula is C26H26F3N5O5. The van der Waals surface area contributed by atoms with Crippen LogP contribution in [0.25, 0.3) is 11.2 Å². The molecule has 5 rings (SSSR count). The van der Waals surface area contributed by atoms with Crippen molar-refractivity contribution in [1.82, 2.24) is 19.5 Å². The molecule has 1 aliphatic rings. The Kier molecular flexibility index (Phi) is 6.93. The fourth-order valence-corrected chi connectivity index (χ4v) is 5.20. The highest BCUT2D eigenvalue weighted by atomic mass is 19.4. The summed E-state index contributed by atoms with van der Waals surface area (Å²) >= 11 is 0. The molecule has 0 spiro atoms. The third kappa shape index (κ3) is 4.56. The largest absolute Gasteiger partial charge is 0.496 e. The van der Waals surface area contributed by atoms with Crippen molar-refractivity contribution in [1.29, 1.82) is 0 Å². The number of anilines is 1. The van der Waals surface area contributed by atoms with E-state index in [-0.39, 0.29) is 29.0 Å². The van der Waals surface area contributed by atoms with E-state index in [1.807, 2.05) is 0 Å². The molecule has 206 valence electrons. The van der Waals surface area contributed by atoms with Gasteiger partial charge in [-0.25, -0.2) is 15.0 Å². The number of halogens is 3. The predicted molar refractivity (Wildman–Crippen MR) is 133 cm³/mol. The number of aliphatic hydroxyl groups is 3. The van der Waals surface area contributed by atoms with Gasteiger partial charge in [-0.05, 0) is 17.7 Å². The topological polar surface area (TPSA) is 149 Å². The van der Waals surface area contributed by atoms with Gasteiger partial charge in [-0.3, -0.25) is 4.57 Å². The normalized spacial score (nSPS) is 24.2. The Morgan fingerprint density at radius 2 is 1.90 bits per heavy atom. The summed E-state index contributed by atoms with van der Waals surface area (Å²) in [6.45, 7) is -0.632. The van der Waals surface area contributed by atoms with Gasteiger partial charge in [0.1, 0.15) is 35.9 Å². The van der Waals surface area contributed by atoms with Gasteiger partial charge in [0.05, 0.1) is 25.6 Å². The molecule has 0 radical (unpaired) electrons. The molecule has 10 nitrogen and oxygen atoms in total. The van der Waals surface area contributed by atoms with Gasteiger partial charge in [0.15, 0.2) is 17.2 Å². The number of nitrogen functional groups attached to an aromatic ring is 1. The minimum Gasteiger partial charge on any atom is -0.496 e. The molecule has 0 aliphatic carbocycles. The zero-order valence-electron chi connectivity index (χ0n) is 20.7. The van der Waals surface area contributed by atoms with Crippen LogP contribution in [0.5, 0.6) is 5.75 Å². The van der Waals surface area contributed by atoms with Crippen LogP contribution < -0.4 is 10.5 Å². The van der Waals surface area contributed by atoms with Crippen molar-refractivity contribution < 1.29 is 38.0 Å². The van der Waals surface area contributed by atoms with Crippen LogP contribution in [0.15, 0.2) is 61.2 Å². The molecule has 2 aromatic carbocycles. The van der Waals surface area contributed by atoms with E-state index in [9.17, 15) is 28.5 Å². The highest BCUT2D eigenvalue weighted by molar-refractivity contribution is 5.81. The average molecular weight is 546 g/mol. The summed E-state index contributed by atoms with van der Waals surface area (Å²) in [5, 5.41) is 32.2. The summed E-state index contributed by atoms with van der Waals surface area (Å²) in [5.74, 6) is -0.414. The minimum absolute atomic E-state index is 0.0554. The number of methoxy groups -OCH3 is 1. The van der Waals surface area contributed by atoms with Gasteiger partial charge in [-0.15, -0.1) is 0 Å². The molecule has 1 fully saturated rings. The average Bonchev–Trinajstić information content (AvgIpc) is 3.48. The van der Waals surface area contributed by atoms with Gasteiger partial charge in [-0.2, -0.15) is 13.2 Å². The smallest absolute Gasteiger partial charge is 0.416 e. The van der Waals surface area contributed by atoms with Gasteiger partial charge < -0.3 is 30.5 Å². The van der Waals surface area contributed by atoms with Crippen molar-refractivity contribution >= 4 is 17.0 Å². The molecular weight excluding hydrogens is 519 g/mol. The van der Waals surface area contributed by atoms with Crippen molar-refractivity contribution in [3.63, 3.8) is 0 Å². The second-order valence-electron chi connectivity index (χ2n) is 9.29. The Morgan fingerprint density at radius 1 is 1.13 bits per heavy atom. The number of ether oxygens (including phenoxy) is 2. The molecule has 13 heteroatoms. The van der Waals surface area contributed by atoms with E-state index in [4.69, 9.17) is 15.2 Å². The number of aliphatic hydroxyl groups excluding tert-OH is 3. The Hall–Kier alpha value is -3.78. The SMILES string of the molecule is COc1ccccc1C(C[C@@]1(n2cnc3c(N)ncnc32)O[C@H](CO)[C@@H](O)[C@H]1O)c1cccc(C(F)(F)F)c1. The lowest BCUT2D eigenvalue weighted by molar-refractivity contribution is -0.152. The van der Waals surface area contributed by atoms with Crippen LogP contribution in [0.1, 0.15) is 29.0 Å². The lowest BCUT2D eigenvalue weighted by Crippen LogP contribution is -2.46. The zero-order chi connectivity index (χ0) is 27.9. The molecule has 3 heterocycles. The number of alkyl halides is 3. The van der Waals surface area contributed by atoms with Gasteiger partial charge in [0.2, 0.25) is 0 Å². The Bertz CT molecular complexity index is 1480. The number of imidazole rings is 1. The summed E-state index contributed by atoms with van der Waals surface area (Å²) in [7, 11) is 1.44. The van der Waals surface area contributed by atoms with Gasteiger partial charge >= 0.3 is 6.18 Å². The molecule has 5 atom stereocenters. The van der Waals surface area contributed by atoms with Crippen molar-refractivity contribution in [2.45, 2.75) is 42.6 Å². The number of hydrogen-bond donors (Lipinski definition) is 4. The number of para-hydroxylation sites is 1. The predicted octanol–water partition coefficient (Wildman–Crippen LogP) is 2.42. The summed E-state index contributed by atoms with van der Waals surface area (Å²) in [6.07, 6.45) is -6.71. The highest BCUT2D eigenvalue weighted by Gasteiger charge is 2.57. The zero-order valence-corrected chi connectivity index (χ0v) is 20.7. The van der Waals surface area contributed by atoms with Crippen LogP contribution in [-0.4, -0.2) is 66.9 Å². The number of hydrogen-bond acceptors (Lipinski definition) is 9. The van der Waals surface area contributed by atoms with Crippen LogP contribution in [0.4, 0.5) is 19.0 Å². The van der Waals surface area contributed by atoms with Crippen LogP contribution >= 0.6 is 0 Å². The van der Waals surface area contributed by atoms with Crippen LogP contribution in [0.2, 0.25) is 0 Å². The van der Waals surface area contributed by atoms with E-state index in [1.165, 1.54) is 36.5 Å². The molecule has 0 saturated carbocycles. The first kappa shape index (κ1) is 26.8. The molecule has 0 bridgehead atoms. The quantitative estimate of drug-likeness (QED) is 0.275. The number of nitrogens with two attached hydrogens (primary N) is 1. The van der Waals surface area contributed by atoms with Crippen molar-refractivity contribution in [3.05, 3.63) is 77.9 Å². The fraction of sp³-hybridized carbons (Fsp3) is 0.346. The van der Waals surface area contributed by atoms with E-state index >= 15 is 0 Å². The molecule has 0 amide bonds. The van der Waals surface area contributed by atoms with E-state index in [2.05, 4.69) is 15.0 Å². The van der Waals surface area contributed by atoms with Crippen molar-refractivity contribution in [2.24, 2.45) is 0 Å². The van der Waals surface area contributed by atoms with Crippen molar-refractivity contribution in [3.8, 4) is 5.75 Å². The summed E-state index contributed by atoms with van der Waals surface area (Å²) in [6, 6.07) is 11.6. The molecule has 4 aromatic rings. The molecule has 39 heavy (non-hydrogen) atoms. The summed E-state index contributed by atoms with van der Waals surface area (Å²) in [4.78, 5) is 12.4. The number of rotatable bonds is 7. The van der Waals surface area contributed by atoms with Gasteiger partial charge in [0.25, 0.3) is 0 Å². The maximum absolute atomic E-state index is 13.7. The van der Waals surface area contributed by atoms with E-state index < -0.39 is 48.3 Å². The van der Waals surface area contributed by atoms with E-state index in [0.29, 0.717) is 11.3 Å². The van der Waals surface area contributed by atoms with Gasteiger partial charge in [-0.1, -0.05) is 36.4 Å². The summed E-state index contributed by atoms with van der Waals surface area (Å²) < 4.78 is 54.2. The Labute approximate surface area is 220 Å². The first-order valence-corrected chi connectivity index (χ1v) is 12.0. The van der Waals surface area contributed by atoms with Crippen LogP contribution in [0.3, 0.4) is 0 Å². The lowest BCUT2D eigenvalue weighted by atomic mass is 9.81. The number of benzene rings is 2. The standard InChI is InChI=1S/C26H26F3N5O5/c1-38-18-8-3-2-7-16(18)17(14-5-4-6-15(9-14)26(27,28)29)10-25(22(37)21(36)19(11-35)39-25)34-13-33-20-23(30)31-12-32-24(20)34/h2-9,12-13,17,19,21-22,35-37H,10-11H2,1H3,(H2,30,31,32)/t17?,19-,21-,22-,25-/m1/s1. The third-order valence-electron chi connectivity index (χ3n) is 7.10. The second kappa shape index (κ2) is 10.1. The molecule has 1 saturated heterocycles. The van der Waals surface area contributed by atoms with Crippen LogP contribution in [0, 0.1) is 0 Å². The number of aromatic nitrogens is 4. The minimum atomic E-state index is -4.60. The number of fused-ring (bicyclic) bond motifs is 1. The summed E-state index contributed by atoms with van der Waals surface area (Å²) in [5.41, 5.74) is 4.38. The van der Waals surface area contributed by atoms with Crippen LogP contribution in [-0.2, 0) is 16.6 Å². The fourth-order valence-electron chi connectivity index (χ4n) is 5.20. The molecule has 1 unspecified atom stereocenters. The third-order valence-corrected chi connectivity index (χ3v) is 7.10. The molecule has 2 aromatic heterocycles. The first-order chi connectivity index (χ1) is 18.6. The van der Waals surface area contributed by atoms with E-state index in [0.717, 1.165) is 12.1 Å². The van der Waals surface area contributed by atoms with Crippen molar-refractivity contribution in [2.75, 3.05) is 19.5 Å². The maximum Gasteiger partial charge on any atom is 0.416 e. The highest BCUT2D eigenvalue weighted by Crippen LogP contribution is 2.48. The monoisotopic (exact) mass is 545 g/mol. The molecule has 1 aliphatic heterocycles. The van der Waals surface area contributed by atoms with E-state index in [1.54, 1.807) is 24.3 Å². The first-order valence-electron chi connectivity index (χ1n) is 12.0. The second-order valence-corrected chi connectivity index (χ2v) is 9.29. The lowest BCUT2D eigenvalue weighted by Gasteiger charge is -2.37. The Balaban J connectivity index is 1.74. The molecule has 5 N–H and O–H groups in total. The van der Waals surface area contributed by atoms with Gasteiger partial charge in [0, 0.05) is 17.9 Å². The Morgan fingerprint density at radius 3 is 2.59 bits per heavy atom.